The summed E-state index contributed by atoms with van der Waals surface area (Å²) in [5.41, 5.74) is 0.818. The Morgan fingerprint density at radius 2 is 1.96 bits per heavy atom. The van der Waals surface area contributed by atoms with Crippen molar-refractivity contribution in [2.75, 3.05) is 11.9 Å². The zero-order valence-corrected chi connectivity index (χ0v) is 16.2. The van der Waals surface area contributed by atoms with E-state index in [-0.39, 0.29) is 43.6 Å². The number of hydrogen-bond acceptors (Lipinski definition) is 5. The van der Waals surface area contributed by atoms with Crippen LogP contribution < -0.4 is 4.90 Å². The monoisotopic (exact) mass is 412 g/mol. The van der Waals surface area contributed by atoms with Gasteiger partial charge in [0.05, 0.1) is 21.5 Å². The van der Waals surface area contributed by atoms with Gasteiger partial charge in [0.1, 0.15) is 10.6 Å². The number of hydrogen-bond donors (Lipinski definition) is 1. The molecule has 1 aromatic carbocycles. The second-order valence-corrected chi connectivity index (χ2v) is 8.50. The number of carbonyl (C=O) groups excluding carboxylic acids is 1. The molecule has 1 N–H and O–H groups in total. The van der Waals surface area contributed by atoms with Gasteiger partial charge in [0.2, 0.25) is 5.91 Å². The minimum atomic E-state index is -3.88. The van der Waals surface area contributed by atoms with Crippen LogP contribution in [0.1, 0.15) is 23.7 Å². The number of aliphatic hydroxyl groups is 1. The summed E-state index contributed by atoms with van der Waals surface area (Å²) >= 11 is 12.5. The Morgan fingerprint density at radius 3 is 2.62 bits per heavy atom. The summed E-state index contributed by atoms with van der Waals surface area (Å²) in [5.74, 6) is -1.12. The standard InChI is InChI=1S/C17H14Cl2N2O4S/c1-9(22)21(2)15-12(18)6-5-11(13(15)19)17-16(23)14-10(4-3-7-20-14)8-26(17,24)25/h3-7,23H,8H2,1-2H3. The number of fused-ring (bicyclic) bond motifs is 1. The summed E-state index contributed by atoms with van der Waals surface area (Å²) in [7, 11) is -2.41. The number of sulfone groups is 1. The van der Waals surface area contributed by atoms with Crippen LogP contribution in [0.2, 0.25) is 10.0 Å². The van der Waals surface area contributed by atoms with Gasteiger partial charge in [0, 0.05) is 25.7 Å². The van der Waals surface area contributed by atoms with E-state index >= 15 is 0 Å². The lowest BCUT2D eigenvalue weighted by atomic mass is 10.1. The molecule has 1 amide bonds. The van der Waals surface area contributed by atoms with Crippen LogP contribution in [0.15, 0.2) is 30.5 Å². The van der Waals surface area contributed by atoms with Gasteiger partial charge < -0.3 is 10.0 Å². The molecule has 3 rings (SSSR count). The first-order valence-corrected chi connectivity index (χ1v) is 9.89. The first-order valence-electron chi connectivity index (χ1n) is 7.48. The van der Waals surface area contributed by atoms with Gasteiger partial charge in [-0.1, -0.05) is 35.3 Å². The summed E-state index contributed by atoms with van der Waals surface area (Å²) in [6.45, 7) is 1.33. The largest absolute Gasteiger partial charge is 0.504 e. The second-order valence-electron chi connectivity index (χ2n) is 5.78. The van der Waals surface area contributed by atoms with Crippen LogP contribution in [0.5, 0.6) is 0 Å². The Labute approximate surface area is 160 Å². The van der Waals surface area contributed by atoms with Crippen LogP contribution in [0, 0.1) is 0 Å². The van der Waals surface area contributed by atoms with Crippen LogP contribution in [0.4, 0.5) is 5.69 Å². The summed E-state index contributed by atoms with van der Waals surface area (Å²) in [6, 6.07) is 6.02. The fourth-order valence-corrected chi connectivity index (χ4v) is 5.23. The summed E-state index contributed by atoms with van der Waals surface area (Å²) in [4.78, 5) is 16.7. The van der Waals surface area contributed by atoms with E-state index in [1.54, 1.807) is 12.1 Å². The molecule has 0 atom stereocenters. The highest BCUT2D eigenvalue weighted by Crippen LogP contribution is 2.44. The normalized spacial score (nSPS) is 15.5. The van der Waals surface area contributed by atoms with Crippen molar-refractivity contribution in [1.29, 1.82) is 0 Å². The quantitative estimate of drug-likeness (QED) is 0.812. The number of pyridine rings is 1. The zero-order chi connectivity index (χ0) is 19.2. The summed E-state index contributed by atoms with van der Waals surface area (Å²) in [6.07, 6.45) is 1.46. The highest BCUT2D eigenvalue weighted by molar-refractivity contribution is 8.00. The fourth-order valence-electron chi connectivity index (χ4n) is 2.78. The Morgan fingerprint density at radius 1 is 1.27 bits per heavy atom. The number of aromatic nitrogens is 1. The molecule has 26 heavy (non-hydrogen) atoms. The first kappa shape index (κ1) is 18.7. The van der Waals surface area contributed by atoms with Gasteiger partial charge in [-0.3, -0.25) is 9.78 Å². The third-order valence-corrected chi connectivity index (χ3v) is 6.52. The fraction of sp³-hybridized carbons (Fsp3) is 0.176. The maximum Gasteiger partial charge on any atom is 0.223 e. The smallest absolute Gasteiger partial charge is 0.223 e. The average Bonchev–Trinajstić information content (AvgIpc) is 2.56. The SMILES string of the molecule is CC(=O)N(C)c1c(Cl)ccc(C2=C(O)c3ncccc3CS2(=O)=O)c1Cl. The third-order valence-electron chi connectivity index (χ3n) is 4.11. The molecular weight excluding hydrogens is 399 g/mol. The number of aliphatic hydroxyl groups excluding tert-OH is 1. The molecule has 0 saturated heterocycles. The van der Waals surface area contributed by atoms with Crippen molar-refractivity contribution >= 4 is 55.3 Å². The molecule has 9 heteroatoms. The van der Waals surface area contributed by atoms with Crippen molar-refractivity contribution < 1.29 is 18.3 Å². The molecule has 1 aromatic heterocycles. The number of rotatable bonds is 2. The van der Waals surface area contributed by atoms with E-state index in [1.807, 2.05) is 0 Å². The van der Waals surface area contributed by atoms with E-state index in [9.17, 15) is 18.3 Å². The van der Waals surface area contributed by atoms with Crippen molar-refractivity contribution in [2.24, 2.45) is 0 Å². The predicted octanol–water partition coefficient (Wildman–Crippen LogP) is 3.68. The van der Waals surface area contributed by atoms with E-state index in [2.05, 4.69) is 4.98 Å². The molecule has 0 aliphatic carbocycles. The Balaban J connectivity index is 2.33. The van der Waals surface area contributed by atoms with Crippen molar-refractivity contribution in [3.05, 3.63) is 57.3 Å². The van der Waals surface area contributed by atoms with Crippen LogP contribution in [-0.2, 0) is 20.4 Å². The molecule has 6 nitrogen and oxygen atoms in total. The molecule has 0 saturated carbocycles. The maximum atomic E-state index is 12.8. The van der Waals surface area contributed by atoms with E-state index in [0.29, 0.717) is 5.56 Å². The van der Waals surface area contributed by atoms with Gasteiger partial charge in [-0.05, 0) is 17.7 Å². The Kier molecular flexibility index (Phi) is 4.72. The van der Waals surface area contributed by atoms with Gasteiger partial charge in [0.25, 0.3) is 0 Å². The van der Waals surface area contributed by atoms with Gasteiger partial charge in [-0.25, -0.2) is 8.42 Å². The minimum Gasteiger partial charge on any atom is -0.504 e. The molecule has 1 aliphatic heterocycles. The molecule has 0 spiro atoms. The Bertz CT molecular complexity index is 1060. The highest BCUT2D eigenvalue weighted by atomic mass is 35.5. The van der Waals surface area contributed by atoms with Gasteiger partial charge >= 0.3 is 0 Å². The maximum absolute atomic E-state index is 12.8. The van der Waals surface area contributed by atoms with E-state index in [0.717, 1.165) is 0 Å². The van der Waals surface area contributed by atoms with Crippen LogP contribution in [-0.4, -0.2) is 31.5 Å². The van der Waals surface area contributed by atoms with Crippen molar-refractivity contribution in [3.8, 4) is 0 Å². The number of halogens is 2. The van der Waals surface area contributed by atoms with Crippen molar-refractivity contribution in [2.45, 2.75) is 12.7 Å². The molecule has 2 aromatic rings. The van der Waals surface area contributed by atoms with Crippen molar-refractivity contribution in [3.63, 3.8) is 0 Å². The number of carbonyl (C=O) groups is 1. The molecule has 0 bridgehead atoms. The number of anilines is 1. The van der Waals surface area contributed by atoms with E-state index in [4.69, 9.17) is 23.2 Å². The predicted molar refractivity (Wildman–Crippen MR) is 102 cm³/mol. The number of nitrogens with zero attached hydrogens (tertiary/aromatic N) is 2. The van der Waals surface area contributed by atoms with E-state index < -0.39 is 15.6 Å². The number of amides is 1. The molecule has 136 valence electrons. The topological polar surface area (TPSA) is 87.6 Å². The number of benzene rings is 1. The van der Waals surface area contributed by atoms with Crippen LogP contribution in [0.3, 0.4) is 0 Å². The van der Waals surface area contributed by atoms with Crippen LogP contribution >= 0.6 is 23.2 Å². The van der Waals surface area contributed by atoms with Gasteiger partial charge in [-0.15, -0.1) is 0 Å². The molecular formula is C17H14Cl2N2O4S. The zero-order valence-electron chi connectivity index (χ0n) is 13.8. The molecule has 1 aliphatic rings. The lowest BCUT2D eigenvalue weighted by Gasteiger charge is -2.23. The van der Waals surface area contributed by atoms with Gasteiger partial charge in [-0.2, -0.15) is 0 Å². The first-order chi connectivity index (χ1) is 12.1. The third kappa shape index (κ3) is 2.96. The minimum absolute atomic E-state index is 0.0419. The molecule has 0 unspecified atom stereocenters. The average molecular weight is 413 g/mol. The van der Waals surface area contributed by atoms with E-state index in [1.165, 1.54) is 37.2 Å². The highest BCUT2D eigenvalue weighted by Gasteiger charge is 2.35. The lowest BCUT2D eigenvalue weighted by Crippen LogP contribution is -2.24. The van der Waals surface area contributed by atoms with Crippen LogP contribution in [0.25, 0.3) is 10.7 Å². The Hall–Kier alpha value is -2.09. The molecule has 0 fully saturated rings. The van der Waals surface area contributed by atoms with Gasteiger partial charge in [0.15, 0.2) is 15.6 Å². The van der Waals surface area contributed by atoms with Crippen molar-refractivity contribution in [1.82, 2.24) is 4.98 Å². The lowest BCUT2D eigenvalue weighted by molar-refractivity contribution is -0.116. The summed E-state index contributed by atoms with van der Waals surface area (Å²) < 4.78 is 25.6. The molecule has 0 radical (unpaired) electrons. The second kappa shape index (κ2) is 6.57. The summed E-state index contributed by atoms with van der Waals surface area (Å²) in [5, 5.41) is 10.8. The molecule has 2 heterocycles.